The van der Waals surface area contributed by atoms with Crippen LogP contribution in [0.5, 0.6) is 0 Å². The first-order chi connectivity index (χ1) is 8.76. The molecule has 0 aliphatic rings. The number of rotatable bonds is 6. The van der Waals surface area contributed by atoms with Gasteiger partial charge in [-0.15, -0.1) is 0 Å². The van der Waals surface area contributed by atoms with Gasteiger partial charge in [-0.1, -0.05) is 59.7 Å². The third kappa shape index (κ3) is 4.65. The van der Waals surface area contributed by atoms with Gasteiger partial charge < -0.3 is 5.73 Å². The summed E-state index contributed by atoms with van der Waals surface area (Å²) < 4.78 is 0. The Balaban J connectivity index is 2.94. The molecule has 1 nitrogen and oxygen atoms in total. The van der Waals surface area contributed by atoms with Crippen LogP contribution in [0.25, 0.3) is 0 Å². The summed E-state index contributed by atoms with van der Waals surface area (Å²) in [4.78, 5) is 0. The van der Waals surface area contributed by atoms with Crippen molar-refractivity contribution < 1.29 is 0 Å². The fourth-order valence-corrected chi connectivity index (χ4v) is 2.31. The Kier molecular flexibility index (Phi) is 5.61. The number of nitrogens with two attached hydrogens (primary N) is 1. The summed E-state index contributed by atoms with van der Waals surface area (Å²) in [5.74, 6) is 1.20. The highest BCUT2D eigenvalue weighted by atomic mass is 14.6. The quantitative estimate of drug-likeness (QED) is 0.778. The van der Waals surface area contributed by atoms with Crippen LogP contribution in [0.15, 0.2) is 18.2 Å². The lowest BCUT2D eigenvalue weighted by Crippen LogP contribution is -2.24. The molecule has 0 saturated carbocycles. The van der Waals surface area contributed by atoms with Crippen LogP contribution in [0, 0.1) is 5.41 Å². The van der Waals surface area contributed by atoms with Crippen molar-refractivity contribution in [1.29, 1.82) is 0 Å². The molecule has 0 heterocycles. The first kappa shape index (κ1) is 16.2. The molecule has 108 valence electrons. The van der Waals surface area contributed by atoms with Gasteiger partial charge in [0.2, 0.25) is 0 Å². The average molecular weight is 261 g/mol. The molecule has 0 saturated heterocycles. The highest BCUT2D eigenvalue weighted by molar-refractivity contribution is 5.35. The minimum absolute atomic E-state index is 0.241. The van der Waals surface area contributed by atoms with E-state index in [-0.39, 0.29) is 5.41 Å². The predicted molar refractivity (Wildman–Crippen MR) is 85.8 cm³/mol. The Morgan fingerprint density at radius 3 is 2.16 bits per heavy atom. The van der Waals surface area contributed by atoms with Crippen LogP contribution in [0.2, 0.25) is 0 Å². The Hall–Kier alpha value is -0.820. The Morgan fingerprint density at radius 2 is 1.68 bits per heavy atom. The number of hydrogen-bond acceptors (Lipinski definition) is 1. The zero-order valence-electron chi connectivity index (χ0n) is 13.6. The molecule has 0 fully saturated rings. The van der Waals surface area contributed by atoms with E-state index >= 15 is 0 Å². The molecular formula is C18H31N. The lowest BCUT2D eigenvalue weighted by molar-refractivity contribution is 0.347. The predicted octanol–water partition coefficient (Wildman–Crippen LogP) is 4.85. The van der Waals surface area contributed by atoms with Crippen molar-refractivity contribution >= 4 is 0 Å². The van der Waals surface area contributed by atoms with Crippen LogP contribution in [0.4, 0.5) is 0 Å². The lowest BCUT2D eigenvalue weighted by Gasteiger charge is -2.24. The fourth-order valence-electron chi connectivity index (χ4n) is 2.31. The molecule has 1 aromatic rings. The molecule has 0 spiro atoms. The summed E-state index contributed by atoms with van der Waals surface area (Å²) in [7, 11) is 0. The molecule has 1 aromatic carbocycles. The van der Waals surface area contributed by atoms with Crippen LogP contribution in [0.1, 0.15) is 76.5 Å². The Morgan fingerprint density at radius 1 is 1.05 bits per heavy atom. The highest BCUT2D eigenvalue weighted by Crippen LogP contribution is 2.28. The van der Waals surface area contributed by atoms with Crippen molar-refractivity contribution in [2.45, 2.75) is 66.2 Å². The van der Waals surface area contributed by atoms with Gasteiger partial charge in [-0.2, -0.15) is 0 Å². The molecule has 2 N–H and O–H groups in total. The maximum absolute atomic E-state index is 5.83. The fraction of sp³-hybridized carbons (Fsp3) is 0.667. The van der Waals surface area contributed by atoms with Gasteiger partial charge in [0, 0.05) is 0 Å². The molecule has 0 radical (unpaired) electrons. The first-order valence-corrected chi connectivity index (χ1v) is 7.59. The third-order valence-corrected chi connectivity index (χ3v) is 4.08. The monoisotopic (exact) mass is 261 g/mol. The second-order valence-electron chi connectivity index (χ2n) is 7.14. The van der Waals surface area contributed by atoms with Crippen molar-refractivity contribution in [3.63, 3.8) is 0 Å². The van der Waals surface area contributed by atoms with Gasteiger partial charge in [-0.3, -0.25) is 0 Å². The van der Waals surface area contributed by atoms with Crippen molar-refractivity contribution in [3.8, 4) is 0 Å². The summed E-state index contributed by atoms with van der Waals surface area (Å²) in [6, 6.07) is 7.03. The summed E-state index contributed by atoms with van der Waals surface area (Å²) >= 11 is 0. The van der Waals surface area contributed by atoms with E-state index in [2.05, 4.69) is 59.7 Å². The molecule has 0 atom stereocenters. The van der Waals surface area contributed by atoms with E-state index in [4.69, 9.17) is 5.73 Å². The van der Waals surface area contributed by atoms with Crippen LogP contribution in [-0.4, -0.2) is 6.54 Å². The molecule has 0 bridgehead atoms. The largest absolute Gasteiger partial charge is 0.330 e. The molecule has 0 aromatic heterocycles. The van der Waals surface area contributed by atoms with Crippen molar-refractivity contribution in [2.24, 2.45) is 11.1 Å². The van der Waals surface area contributed by atoms with E-state index in [0.717, 1.165) is 19.4 Å². The zero-order chi connectivity index (χ0) is 14.6. The van der Waals surface area contributed by atoms with Crippen molar-refractivity contribution in [1.82, 2.24) is 0 Å². The van der Waals surface area contributed by atoms with Crippen LogP contribution in [-0.2, 0) is 6.42 Å². The summed E-state index contributed by atoms with van der Waals surface area (Å²) in [5, 5.41) is 0. The highest BCUT2D eigenvalue weighted by Gasteiger charge is 2.17. The maximum atomic E-state index is 5.83. The van der Waals surface area contributed by atoms with E-state index in [9.17, 15) is 0 Å². The smallest absolute Gasteiger partial charge is 0.00257 e. The molecule has 19 heavy (non-hydrogen) atoms. The standard InChI is InChI=1S/C18H31N/c1-13(2)16-8-7-15(17(11-16)14(3)4)9-10-18(5,6)12-19/h7-8,11,13-14H,9-10,12,19H2,1-6H3. The van der Waals surface area contributed by atoms with E-state index in [1.165, 1.54) is 16.7 Å². The van der Waals surface area contributed by atoms with E-state index in [1.54, 1.807) is 0 Å². The average Bonchev–Trinajstić information content (AvgIpc) is 2.36. The molecule has 0 aliphatic heterocycles. The first-order valence-electron chi connectivity index (χ1n) is 7.59. The number of aryl methyl sites for hydroxylation is 1. The van der Waals surface area contributed by atoms with E-state index in [0.29, 0.717) is 11.8 Å². The van der Waals surface area contributed by atoms with Gasteiger partial charge in [0.25, 0.3) is 0 Å². The zero-order valence-corrected chi connectivity index (χ0v) is 13.6. The molecule has 0 aliphatic carbocycles. The minimum Gasteiger partial charge on any atom is -0.330 e. The van der Waals surface area contributed by atoms with E-state index in [1.807, 2.05) is 0 Å². The maximum Gasteiger partial charge on any atom is -0.00257 e. The van der Waals surface area contributed by atoms with Crippen LogP contribution >= 0.6 is 0 Å². The third-order valence-electron chi connectivity index (χ3n) is 4.08. The Labute approximate surface area is 119 Å². The van der Waals surface area contributed by atoms with Gasteiger partial charge in [0.05, 0.1) is 0 Å². The van der Waals surface area contributed by atoms with Crippen molar-refractivity contribution in [3.05, 3.63) is 34.9 Å². The number of benzene rings is 1. The second kappa shape index (κ2) is 6.56. The summed E-state index contributed by atoms with van der Waals surface area (Å²) in [6.07, 6.45) is 2.29. The van der Waals surface area contributed by atoms with Crippen molar-refractivity contribution in [2.75, 3.05) is 6.54 Å². The lowest BCUT2D eigenvalue weighted by atomic mass is 9.83. The van der Waals surface area contributed by atoms with Crippen LogP contribution in [0.3, 0.4) is 0 Å². The minimum atomic E-state index is 0.241. The van der Waals surface area contributed by atoms with E-state index < -0.39 is 0 Å². The molecule has 0 amide bonds. The van der Waals surface area contributed by atoms with Gasteiger partial charge >= 0.3 is 0 Å². The van der Waals surface area contributed by atoms with Gasteiger partial charge in [0.15, 0.2) is 0 Å². The molecule has 1 heteroatoms. The molecular weight excluding hydrogens is 230 g/mol. The normalized spacial score (nSPS) is 12.5. The molecule has 0 unspecified atom stereocenters. The summed E-state index contributed by atoms with van der Waals surface area (Å²) in [5.41, 5.74) is 10.5. The Bertz CT molecular complexity index is 402. The molecule has 1 rings (SSSR count). The van der Waals surface area contributed by atoms with Gasteiger partial charge in [-0.25, -0.2) is 0 Å². The summed E-state index contributed by atoms with van der Waals surface area (Å²) in [6.45, 7) is 14.4. The SMILES string of the molecule is CC(C)c1ccc(CCC(C)(C)CN)c(C(C)C)c1. The number of hydrogen-bond donors (Lipinski definition) is 1. The van der Waals surface area contributed by atoms with Gasteiger partial charge in [0.1, 0.15) is 0 Å². The second-order valence-corrected chi connectivity index (χ2v) is 7.14. The van der Waals surface area contributed by atoms with Crippen LogP contribution < -0.4 is 5.73 Å². The topological polar surface area (TPSA) is 26.0 Å². The van der Waals surface area contributed by atoms with Gasteiger partial charge in [-0.05, 0) is 53.3 Å².